The van der Waals surface area contributed by atoms with Gasteiger partial charge in [-0.15, -0.1) is 0 Å². The first-order valence-electron chi connectivity index (χ1n) is 9.15. The fourth-order valence-corrected chi connectivity index (χ4v) is 3.75. The number of rotatable bonds is 5. The SMILES string of the molecule is CCc1cc2cc(C)ccc2nc1SCC(=O)NNC(=O)c1cccc(C)c1. The second-order valence-electron chi connectivity index (χ2n) is 6.66. The number of hydrazine groups is 1. The maximum Gasteiger partial charge on any atom is 0.269 e. The predicted molar refractivity (Wildman–Crippen MR) is 113 cm³/mol. The molecule has 0 aliphatic heterocycles. The van der Waals surface area contributed by atoms with E-state index in [9.17, 15) is 9.59 Å². The molecular weight excluding hydrogens is 370 g/mol. The molecule has 2 aromatic carbocycles. The summed E-state index contributed by atoms with van der Waals surface area (Å²) in [6.45, 7) is 6.04. The van der Waals surface area contributed by atoms with Crippen LogP contribution in [0.4, 0.5) is 0 Å². The highest BCUT2D eigenvalue weighted by atomic mass is 32.2. The van der Waals surface area contributed by atoms with Crippen molar-refractivity contribution in [2.45, 2.75) is 32.2 Å². The van der Waals surface area contributed by atoms with Gasteiger partial charge in [0.25, 0.3) is 5.91 Å². The van der Waals surface area contributed by atoms with Crippen molar-refractivity contribution in [1.82, 2.24) is 15.8 Å². The number of fused-ring (bicyclic) bond motifs is 1. The molecule has 0 unspecified atom stereocenters. The van der Waals surface area contributed by atoms with Gasteiger partial charge in [0.05, 0.1) is 11.3 Å². The Bertz CT molecular complexity index is 1030. The van der Waals surface area contributed by atoms with E-state index < -0.39 is 0 Å². The second-order valence-corrected chi connectivity index (χ2v) is 7.63. The van der Waals surface area contributed by atoms with Crippen molar-refractivity contribution in [2.75, 3.05) is 5.75 Å². The minimum atomic E-state index is -0.338. The Morgan fingerprint density at radius 2 is 1.79 bits per heavy atom. The number of benzene rings is 2. The van der Waals surface area contributed by atoms with Gasteiger partial charge in [0.2, 0.25) is 5.91 Å². The quantitative estimate of drug-likeness (QED) is 0.508. The molecular formula is C22H23N3O2S. The van der Waals surface area contributed by atoms with Crippen LogP contribution in [0.3, 0.4) is 0 Å². The first kappa shape index (κ1) is 19.9. The Morgan fingerprint density at radius 3 is 2.54 bits per heavy atom. The van der Waals surface area contributed by atoms with Gasteiger partial charge in [-0.2, -0.15) is 0 Å². The summed E-state index contributed by atoms with van der Waals surface area (Å²) in [4.78, 5) is 29.0. The van der Waals surface area contributed by atoms with E-state index in [0.717, 1.165) is 33.5 Å². The first-order valence-corrected chi connectivity index (χ1v) is 10.1. The minimum absolute atomic E-state index is 0.172. The van der Waals surface area contributed by atoms with Crippen LogP contribution in [0.5, 0.6) is 0 Å². The summed E-state index contributed by atoms with van der Waals surface area (Å²) in [7, 11) is 0. The molecule has 0 radical (unpaired) electrons. The van der Waals surface area contributed by atoms with Crippen LogP contribution in [-0.2, 0) is 11.2 Å². The highest BCUT2D eigenvalue weighted by Gasteiger charge is 2.11. The molecule has 0 fully saturated rings. The van der Waals surface area contributed by atoms with E-state index in [1.54, 1.807) is 18.2 Å². The number of aryl methyl sites for hydroxylation is 3. The molecule has 6 heteroatoms. The van der Waals surface area contributed by atoms with Crippen molar-refractivity contribution in [2.24, 2.45) is 0 Å². The number of thioether (sulfide) groups is 1. The molecule has 28 heavy (non-hydrogen) atoms. The summed E-state index contributed by atoms with van der Waals surface area (Å²) in [5, 5.41) is 1.95. The Kier molecular flexibility index (Phi) is 6.31. The fraction of sp³-hybridized carbons (Fsp3) is 0.227. The molecule has 3 rings (SSSR count). The number of nitrogens with zero attached hydrogens (tertiary/aromatic N) is 1. The molecule has 0 saturated heterocycles. The van der Waals surface area contributed by atoms with Crippen LogP contribution >= 0.6 is 11.8 Å². The summed E-state index contributed by atoms with van der Waals surface area (Å²) >= 11 is 1.37. The van der Waals surface area contributed by atoms with Crippen LogP contribution in [0.2, 0.25) is 0 Å². The van der Waals surface area contributed by atoms with Crippen molar-refractivity contribution in [3.63, 3.8) is 0 Å². The lowest BCUT2D eigenvalue weighted by molar-refractivity contribution is -0.119. The molecule has 0 atom stereocenters. The van der Waals surface area contributed by atoms with Crippen molar-refractivity contribution in [1.29, 1.82) is 0 Å². The highest BCUT2D eigenvalue weighted by molar-refractivity contribution is 7.99. The number of amides is 2. The maximum atomic E-state index is 12.2. The molecule has 2 amide bonds. The van der Waals surface area contributed by atoms with Crippen molar-refractivity contribution < 1.29 is 9.59 Å². The van der Waals surface area contributed by atoms with Gasteiger partial charge in [0.15, 0.2) is 0 Å². The molecule has 0 spiro atoms. The van der Waals surface area contributed by atoms with E-state index in [-0.39, 0.29) is 17.6 Å². The highest BCUT2D eigenvalue weighted by Crippen LogP contribution is 2.26. The number of carbonyl (C=O) groups excluding carboxylic acids is 2. The summed E-state index contributed by atoms with van der Waals surface area (Å²) in [5.41, 5.74) is 9.63. The van der Waals surface area contributed by atoms with Crippen LogP contribution in [0.25, 0.3) is 10.9 Å². The Labute approximate surface area is 168 Å². The Balaban J connectivity index is 1.61. The molecule has 5 nitrogen and oxygen atoms in total. The van der Waals surface area contributed by atoms with Gasteiger partial charge in [0, 0.05) is 10.9 Å². The van der Waals surface area contributed by atoms with Crippen LogP contribution in [0.15, 0.2) is 53.6 Å². The molecule has 1 heterocycles. The lowest BCUT2D eigenvalue weighted by Crippen LogP contribution is -2.42. The Hall–Kier alpha value is -2.86. The predicted octanol–water partition coefficient (Wildman–Crippen LogP) is 3.97. The zero-order valence-electron chi connectivity index (χ0n) is 16.2. The average molecular weight is 394 g/mol. The number of hydrogen-bond donors (Lipinski definition) is 2. The monoisotopic (exact) mass is 393 g/mol. The van der Waals surface area contributed by atoms with E-state index in [1.165, 1.54) is 17.3 Å². The molecule has 2 N–H and O–H groups in total. The summed E-state index contributed by atoms with van der Waals surface area (Å²) in [6.07, 6.45) is 0.838. The maximum absolute atomic E-state index is 12.2. The zero-order valence-corrected chi connectivity index (χ0v) is 17.0. The smallest absolute Gasteiger partial charge is 0.269 e. The average Bonchev–Trinajstić information content (AvgIpc) is 2.69. The number of aromatic nitrogens is 1. The summed E-state index contributed by atoms with van der Waals surface area (Å²) in [6, 6.07) is 15.5. The third kappa shape index (κ3) is 4.89. The number of hydrogen-bond acceptors (Lipinski definition) is 4. The molecule has 3 aromatic rings. The van der Waals surface area contributed by atoms with Crippen LogP contribution in [0.1, 0.15) is 34.0 Å². The third-order valence-corrected chi connectivity index (χ3v) is 5.36. The second kappa shape index (κ2) is 8.89. The topological polar surface area (TPSA) is 71.1 Å². The first-order chi connectivity index (χ1) is 13.5. The minimum Gasteiger partial charge on any atom is -0.272 e. The van der Waals surface area contributed by atoms with Crippen LogP contribution < -0.4 is 10.9 Å². The van der Waals surface area contributed by atoms with Crippen LogP contribution in [-0.4, -0.2) is 22.6 Å². The number of carbonyl (C=O) groups is 2. The van der Waals surface area contributed by atoms with Gasteiger partial charge in [0.1, 0.15) is 5.03 Å². The van der Waals surface area contributed by atoms with Gasteiger partial charge >= 0.3 is 0 Å². The van der Waals surface area contributed by atoms with Gasteiger partial charge in [-0.25, -0.2) is 4.98 Å². The summed E-state index contributed by atoms with van der Waals surface area (Å²) in [5.74, 6) is -0.444. The lowest BCUT2D eigenvalue weighted by atomic mass is 10.1. The van der Waals surface area contributed by atoms with Crippen molar-refractivity contribution in [3.8, 4) is 0 Å². The lowest BCUT2D eigenvalue weighted by Gasteiger charge is -2.10. The Morgan fingerprint density at radius 1 is 1.00 bits per heavy atom. The van der Waals surface area contributed by atoms with Gasteiger partial charge in [-0.05, 0) is 56.2 Å². The van der Waals surface area contributed by atoms with E-state index in [1.807, 2.05) is 25.1 Å². The molecule has 0 aliphatic carbocycles. The van der Waals surface area contributed by atoms with Gasteiger partial charge in [-0.3, -0.25) is 20.4 Å². The molecule has 144 valence electrons. The van der Waals surface area contributed by atoms with Crippen molar-refractivity contribution in [3.05, 3.63) is 70.8 Å². The number of pyridine rings is 1. The van der Waals surface area contributed by atoms with E-state index in [0.29, 0.717) is 5.56 Å². The molecule has 0 saturated carbocycles. The zero-order chi connectivity index (χ0) is 20.1. The van der Waals surface area contributed by atoms with Gasteiger partial charge in [-0.1, -0.05) is 48.0 Å². The standard InChI is InChI=1S/C22H23N3O2S/c1-4-16-12-18-11-15(3)8-9-19(18)23-22(16)28-13-20(26)24-25-21(27)17-7-5-6-14(2)10-17/h5-12H,4,13H2,1-3H3,(H,24,26)(H,25,27). The fourth-order valence-electron chi connectivity index (χ4n) is 2.86. The van der Waals surface area contributed by atoms with Crippen molar-refractivity contribution >= 4 is 34.5 Å². The summed E-state index contributed by atoms with van der Waals surface area (Å²) < 4.78 is 0. The third-order valence-electron chi connectivity index (χ3n) is 4.33. The van der Waals surface area contributed by atoms with E-state index in [4.69, 9.17) is 4.98 Å². The van der Waals surface area contributed by atoms with E-state index in [2.05, 4.69) is 36.8 Å². The number of nitrogens with one attached hydrogen (secondary N) is 2. The molecule has 1 aromatic heterocycles. The van der Waals surface area contributed by atoms with E-state index >= 15 is 0 Å². The molecule has 0 bridgehead atoms. The van der Waals surface area contributed by atoms with Crippen LogP contribution in [0, 0.1) is 13.8 Å². The largest absolute Gasteiger partial charge is 0.272 e. The molecule has 0 aliphatic rings. The van der Waals surface area contributed by atoms with Gasteiger partial charge < -0.3 is 0 Å². The normalized spacial score (nSPS) is 10.7.